The lowest BCUT2D eigenvalue weighted by Crippen LogP contribution is -2.33. The Bertz CT molecular complexity index is 461. The third-order valence-electron chi connectivity index (χ3n) is 4.64. The van der Waals surface area contributed by atoms with Crippen LogP contribution < -0.4 is 0 Å². The highest BCUT2D eigenvalue weighted by Gasteiger charge is 2.44. The summed E-state index contributed by atoms with van der Waals surface area (Å²) in [7, 11) is 0. The lowest BCUT2D eigenvalue weighted by Gasteiger charge is -2.38. The van der Waals surface area contributed by atoms with Crippen molar-refractivity contribution in [1.29, 1.82) is 5.26 Å². The molecule has 1 heterocycles. The van der Waals surface area contributed by atoms with E-state index in [0.717, 1.165) is 31.4 Å². The maximum Gasteiger partial charge on any atom is 0.134 e. The van der Waals surface area contributed by atoms with Crippen LogP contribution in [-0.2, 0) is 0 Å². The van der Waals surface area contributed by atoms with Gasteiger partial charge in [0.25, 0.3) is 0 Å². The minimum Gasteiger partial charge on any atom is -0.464 e. The van der Waals surface area contributed by atoms with Gasteiger partial charge in [-0.15, -0.1) is 0 Å². The van der Waals surface area contributed by atoms with Crippen molar-refractivity contribution in [1.82, 2.24) is 0 Å². The number of aryl methyl sites for hydroxylation is 1. The third kappa shape index (κ3) is 2.69. The predicted molar refractivity (Wildman–Crippen MR) is 73.2 cm³/mol. The van der Waals surface area contributed by atoms with Gasteiger partial charge in [-0.3, -0.25) is 0 Å². The highest BCUT2D eigenvalue weighted by molar-refractivity contribution is 5.17. The second-order valence-corrected chi connectivity index (χ2v) is 6.20. The van der Waals surface area contributed by atoms with Crippen molar-refractivity contribution in [2.75, 3.05) is 0 Å². The minimum absolute atomic E-state index is 0.530. The average molecular weight is 261 g/mol. The molecule has 0 saturated heterocycles. The zero-order chi connectivity index (χ0) is 14.0. The summed E-state index contributed by atoms with van der Waals surface area (Å²) < 4.78 is 5.50. The molecule has 0 bridgehead atoms. The smallest absolute Gasteiger partial charge is 0.134 e. The number of nitriles is 1. The zero-order valence-electron chi connectivity index (χ0n) is 12.0. The Morgan fingerprint density at radius 1 is 1.37 bits per heavy atom. The molecule has 1 N–H and O–H groups in total. The Labute approximate surface area is 115 Å². The molecule has 1 unspecified atom stereocenters. The molecule has 0 aliphatic heterocycles. The van der Waals surface area contributed by atoms with Gasteiger partial charge >= 0.3 is 0 Å². The van der Waals surface area contributed by atoms with Crippen LogP contribution in [0.1, 0.15) is 57.2 Å². The number of furan rings is 1. The van der Waals surface area contributed by atoms with E-state index in [0.29, 0.717) is 17.6 Å². The van der Waals surface area contributed by atoms with Crippen LogP contribution in [0.15, 0.2) is 16.5 Å². The van der Waals surface area contributed by atoms with Gasteiger partial charge < -0.3 is 9.52 Å². The van der Waals surface area contributed by atoms with Gasteiger partial charge in [0, 0.05) is 0 Å². The first-order valence-electron chi connectivity index (χ1n) is 7.14. The summed E-state index contributed by atoms with van der Waals surface area (Å²) in [6.45, 7) is 6.32. The molecule has 1 saturated carbocycles. The highest BCUT2D eigenvalue weighted by atomic mass is 16.4. The van der Waals surface area contributed by atoms with Crippen LogP contribution in [0.4, 0.5) is 0 Å². The number of hydrogen-bond donors (Lipinski definition) is 1. The van der Waals surface area contributed by atoms with E-state index < -0.39 is 11.5 Å². The van der Waals surface area contributed by atoms with Gasteiger partial charge in [-0.2, -0.15) is 5.26 Å². The molecule has 1 aliphatic rings. The van der Waals surface area contributed by atoms with E-state index in [1.807, 2.05) is 13.0 Å². The van der Waals surface area contributed by atoms with Gasteiger partial charge in [-0.05, 0) is 56.6 Å². The van der Waals surface area contributed by atoms with Crippen molar-refractivity contribution in [2.45, 2.75) is 52.6 Å². The Kier molecular flexibility index (Phi) is 4.01. The number of nitrogens with zero attached hydrogens (tertiary/aromatic N) is 1. The molecule has 1 fully saturated rings. The van der Waals surface area contributed by atoms with Crippen LogP contribution in [0.2, 0.25) is 0 Å². The van der Waals surface area contributed by atoms with Crippen LogP contribution in [0.3, 0.4) is 0 Å². The highest BCUT2D eigenvalue weighted by Crippen LogP contribution is 2.48. The van der Waals surface area contributed by atoms with Crippen LogP contribution in [0.25, 0.3) is 0 Å². The Hall–Kier alpha value is -1.27. The molecule has 3 nitrogen and oxygen atoms in total. The van der Waals surface area contributed by atoms with E-state index in [1.54, 1.807) is 6.07 Å². The van der Waals surface area contributed by atoms with Crippen LogP contribution in [-0.4, -0.2) is 5.11 Å². The van der Waals surface area contributed by atoms with Crippen molar-refractivity contribution in [2.24, 2.45) is 17.3 Å². The number of hydrogen-bond acceptors (Lipinski definition) is 3. The molecular weight excluding hydrogens is 238 g/mol. The molecule has 2 rings (SSSR count). The van der Waals surface area contributed by atoms with Crippen molar-refractivity contribution in [3.8, 4) is 6.07 Å². The summed E-state index contributed by atoms with van der Waals surface area (Å²) in [6, 6.07) is 6.00. The molecule has 0 radical (unpaired) electrons. The maximum absolute atomic E-state index is 10.5. The van der Waals surface area contributed by atoms with Crippen molar-refractivity contribution in [3.05, 3.63) is 23.7 Å². The molecular formula is C16H23NO2. The Morgan fingerprint density at radius 2 is 2.00 bits per heavy atom. The second kappa shape index (κ2) is 5.38. The van der Waals surface area contributed by atoms with E-state index in [1.165, 1.54) is 0 Å². The number of aliphatic hydroxyl groups is 1. The standard InChI is InChI=1S/C16H23NO2/c1-11(2)13-6-8-16(10-17,9-7-13)15(18)14-5-4-12(3)19-14/h4-5,11,13,15,18H,6-9H2,1-3H3. The molecule has 19 heavy (non-hydrogen) atoms. The molecule has 1 aromatic heterocycles. The first kappa shape index (κ1) is 14.1. The van der Waals surface area contributed by atoms with E-state index in [2.05, 4.69) is 19.9 Å². The number of rotatable bonds is 3. The van der Waals surface area contributed by atoms with Crippen LogP contribution in [0.5, 0.6) is 0 Å². The molecule has 3 heteroatoms. The number of aliphatic hydroxyl groups excluding tert-OH is 1. The minimum atomic E-state index is -0.806. The van der Waals surface area contributed by atoms with Crippen molar-refractivity contribution < 1.29 is 9.52 Å². The summed E-state index contributed by atoms with van der Waals surface area (Å²) in [6.07, 6.45) is 2.74. The largest absolute Gasteiger partial charge is 0.464 e. The topological polar surface area (TPSA) is 57.2 Å². The first-order chi connectivity index (χ1) is 8.98. The lowest BCUT2D eigenvalue weighted by atomic mass is 9.65. The van der Waals surface area contributed by atoms with Crippen LogP contribution >= 0.6 is 0 Å². The van der Waals surface area contributed by atoms with Gasteiger partial charge in [-0.25, -0.2) is 0 Å². The van der Waals surface area contributed by atoms with E-state index in [4.69, 9.17) is 4.42 Å². The molecule has 1 aliphatic carbocycles. The fourth-order valence-electron chi connectivity index (χ4n) is 3.14. The summed E-state index contributed by atoms with van der Waals surface area (Å²) in [5.41, 5.74) is -0.671. The Balaban J connectivity index is 2.14. The molecule has 1 aromatic rings. The van der Waals surface area contributed by atoms with E-state index in [-0.39, 0.29) is 0 Å². The van der Waals surface area contributed by atoms with Crippen molar-refractivity contribution >= 4 is 0 Å². The van der Waals surface area contributed by atoms with Crippen LogP contribution in [0, 0.1) is 35.5 Å². The first-order valence-corrected chi connectivity index (χ1v) is 7.14. The fraction of sp³-hybridized carbons (Fsp3) is 0.688. The fourth-order valence-corrected chi connectivity index (χ4v) is 3.14. The van der Waals surface area contributed by atoms with Gasteiger partial charge in [0.05, 0.1) is 11.5 Å². The normalized spacial score (nSPS) is 29.2. The SMILES string of the molecule is Cc1ccc(C(O)C2(C#N)CCC(C(C)C)CC2)o1. The molecule has 0 aromatic carbocycles. The second-order valence-electron chi connectivity index (χ2n) is 6.20. The summed E-state index contributed by atoms with van der Waals surface area (Å²) >= 11 is 0. The van der Waals surface area contributed by atoms with Gasteiger partial charge in [0.15, 0.2) is 0 Å². The van der Waals surface area contributed by atoms with Gasteiger partial charge in [0.1, 0.15) is 17.6 Å². The monoisotopic (exact) mass is 261 g/mol. The molecule has 0 spiro atoms. The lowest BCUT2D eigenvalue weighted by molar-refractivity contribution is 0.00471. The van der Waals surface area contributed by atoms with E-state index >= 15 is 0 Å². The molecule has 0 amide bonds. The molecule has 104 valence electrons. The summed E-state index contributed by atoms with van der Waals surface area (Å²) in [4.78, 5) is 0. The van der Waals surface area contributed by atoms with Gasteiger partial charge in [0.2, 0.25) is 0 Å². The summed E-state index contributed by atoms with van der Waals surface area (Å²) in [5.74, 6) is 2.63. The quantitative estimate of drug-likeness (QED) is 0.895. The Morgan fingerprint density at radius 3 is 2.42 bits per heavy atom. The molecule has 1 atom stereocenters. The zero-order valence-corrected chi connectivity index (χ0v) is 12.0. The average Bonchev–Trinajstić information content (AvgIpc) is 2.84. The van der Waals surface area contributed by atoms with E-state index in [9.17, 15) is 10.4 Å². The third-order valence-corrected chi connectivity index (χ3v) is 4.64. The summed E-state index contributed by atoms with van der Waals surface area (Å²) in [5, 5.41) is 20.1. The predicted octanol–water partition coefficient (Wildman–Crippen LogP) is 3.98. The maximum atomic E-state index is 10.5. The van der Waals surface area contributed by atoms with Crippen molar-refractivity contribution in [3.63, 3.8) is 0 Å². The van der Waals surface area contributed by atoms with Gasteiger partial charge in [-0.1, -0.05) is 13.8 Å².